The lowest BCUT2D eigenvalue weighted by atomic mass is 9.84. The van der Waals surface area contributed by atoms with Crippen LogP contribution in [0.25, 0.3) is 0 Å². The van der Waals surface area contributed by atoms with E-state index < -0.39 is 0 Å². The van der Waals surface area contributed by atoms with Gasteiger partial charge in [-0.2, -0.15) is 10.3 Å². The predicted octanol–water partition coefficient (Wildman–Crippen LogP) is 3.59. The Labute approximate surface area is 95.3 Å². The van der Waals surface area contributed by atoms with Gasteiger partial charge in [0.05, 0.1) is 22.5 Å². The van der Waals surface area contributed by atoms with E-state index in [1.807, 2.05) is 6.07 Å². The SMILES string of the molecule is CC(C)(C)c1cc(N=C=S)ccc1C#N. The molecule has 0 atom stereocenters. The standard InChI is InChI=1S/C12H12N2S/c1-12(2,3)11-6-10(14-8-15)5-4-9(11)7-13/h4-6H,1-3H3. The quantitative estimate of drug-likeness (QED) is 0.531. The molecule has 0 saturated carbocycles. The van der Waals surface area contributed by atoms with E-state index in [-0.39, 0.29) is 5.41 Å². The Kier molecular flexibility index (Phi) is 3.36. The largest absolute Gasteiger partial charge is 0.195 e. The zero-order valence-corrected chi connectivity index (χ0v) is 9.85. The Morgan fingerprint density at radius 3 is 2.47 bits per heavy atom. The summed E-state index contributed by atoms with van der Waals surface area (Å²) in [5, 5.41) is 11.3. The van der Waals surface area contributed by atoms with E-state index in [0.717, 1.165) is 11.3 Å². The van der Waals surface area contributed by atoms with Gasteiger partial charge in [0.25, 0.3) is 0 Å². The summed E-state index contributed by atoms with van der Waals surface area (Å²) in [7, 11) is 0. The maximum atomic E-state index is 8.99. The van der Waals surface area contributed by atoms with Crippen molar-refractivity contribution in [2.45, 2.75) is 26.2 Å². The second-order valence-electron chi connectivity index (χ2n) is 4.29. The van der Waals surface area contributed by atoms with Gasteiger partial charge in [0.15, 0.2) is 0 Å². The van der Waals surface area contributed by atoms with Gasteiger partial charge in [0, 0.05) is 0 Å². The minimum atomic E-state index is -0.0714. The maximum Gasteiger partial charge on any atom is 0.0994 e. The molecular weight excluding hydrogens is 204 g/mol. The number of isothiocyanates is 1. The van der Waals surface area contributed by atoms with Crippen LogP contribution in [-0.2, 0) is 5.41 Å². The van der Waals surface area contributed by atoms with Gasteiger partial charge in [-0.1, -0.05) is 20.8 Å². The van der Waals surface area contributed by atoms with Crippen LogP contribution in [0.2, 0.25) is 0 Å². The van der Waals surface area contributed by atoms with Crippen LogP contribution in [0.3, 0.4) is 0 Å². The zero-order chi connectivity index (χ0) is 11.5. The number of benzene rings is 1. The average Bonchev–Trinajstić information content (AvgIpc) is 2.17. The van der Waals surface area contributed by atoms with Gasteiger partial charge < -0.3 is 0 Å². The molecule has 76 valence electrons. The Morgan fingerprint density at radius 2 is 2.00 bits per heavy atom. The van der Waals surface area contributed by atoms with Crippen LogP contribution in [0.5, 0.6) is 0 Å². The molecule has 0 radical (unpaired) electrons. The summed E-state index contributed by atoms with van der Waals surface area (Å²) in [6.07, 6.45) is 0. The van der Waals surface area contributed by atoms with E-state index in [9.17, 15) is 0 Å². The van der Waals surface area contributed by atoms with E-state index in [1.165, 1.54) is 0 Å². The molecule has 2 nitrogen and oxygen atoms in total. The maximum absolute atomic E-state index is 8.99. The summed E-state index contributed by atoms with van der Waals surface area (Å²) < 4.78 is 0. The molecular formula is C12H12N2S. The number of thiocarbonyl (C=S) groups is 1. The van der Waals surface area contributed by atoms with Crippen LogP contribution in [0.4, 0.5) is 5.69 Å². The van der Waals surface area contributed by atoms with E-state index >= 15 is 0 Å². The number of hydrogen-bond donors (Lipinski definition) is 0. The van der Waals surface area contributed by atoms with Gasteiger partial charge in [0.2, 0.25) is 0 Å². The number of hydrogen-bond acceptors (Lipinski definition) is 3. The normalized spacial score (nSPS) is 10.3. The Morgan fingerprint density at radius 1 is 1.33 bits per heavy atom. The fourth-order valence-corrected chi connectivity index (χ4v) is 1.48. The summed E-state index contributed by atoms with van der Waals surface area (Å²) >= 11 is 4.55. The second kappa shape index (κ2) is 4.35. The molecule has 1 aromatic rings. The van der Waals surface area contributed by atoms with Crippen molar-refractivity contribution in [1.82, 2.24) is 0 Å². The highest BCUT2D eigenvalue weighted by Crippen LogP contribution is 2.29. The van der Waals surface area contributed by atoms with Crippen LogP contribution >= 0.6 is 12.2 Å². The second-order valence-corrected chi connectivity index (χ2v) is 4.48. The third-order valence-electron chi connectivity index (χ3n) is 2.11. The van der Waals surface area contributed by atoms with Crippen molar-refractivity contribution in [3.05, 3.63) is 29.3 Å². The third-order valence-corrected chi connectivity index (χ3v) is 2.20. The minimum absolute atomic E-state index is 0.0714. The molecule has 0 N–H and O–H groups in total. The van der Waals surface area contributed by atoms with Crippen molar-refractivity contribution in [1.29, 1.82) is 5.26 Å². The predicted molar refractivity (Wildman–Crippen MR) is 64.5 cm³/mol. The van der Waals surface area contributed by atoms with Crippen molar-refractivity contribution in [3.8, 4) is 6.07 Å². The molecule has 0 fully saturated rings. The van der Waals surface area contributed by atoms with E-state index in [0.29, 0.717) is 5.56 Å². The lowest BCUT2D eigenvalue weighted by molar-refractivity contribution is 0.588. The van der Waals surface area contributed by atoms with Gasteiger partial charge in [-0.3, -0.25) is 0 Å². The van der Waals surface area contributed by atoms with Gasteiger partial charge >= 0.3 is 0 Å². The zero-order valence-electron chi connectivity index (χ0n) is 9.03. The van der Waals surface area contributed by atoms with Crippen molar-refractivity contribution in [2.24, 2.45) is 4.99 Å². The van der Waals surface area contributed by atoms with E-state index in [2.05, 4.69) is 49.2 Å². The molecule has 1 aromatic carbocycles. The monoisotopic (exact) mass is 216 g/mol. The van der Waals surface area contributed by atoms with Crippen LogP contribution in [-0.4, -0.2) is 5.16 Å². The van der Waals surface area contributed by atoms with Crippen molar-refractivity contribution in [3.63, 3.8) is 0 Å². The van der Waals surface area contributed by atoms with E-state index in [4.69, 9.17) is 5.26 Å². The number of aliphatic imine (C=N–C) groups is 1. The molecule has 0 bridgehead atoms. The first-order chi connectivity index (χ1) is 6.99. The summed E-state index contributed by atoms with van der Waals surface area (Å²) in [4.78, 5) is 3.91. The fraction of sp³-hybridized carbons (Fsp3) is 0.333. The van der Waals surface area contributed by atoms with Crippen LogP contribution in [0.1, 0.15) is 31.9 Å². The molecule has 0 aliphatic rings. The van der Waals surface area contributed by atoms with Crippen LogP contribution in [0, 0.1) is 11.3 Å². The van der Waals surface area contributed by atoms with Crippen molar-refractivity contribution >= 4 is 23.1 Å². The molecule has 0 aliphatic heterocycles. The first kappa shape index (κ1) is 11.6. The summed E-state index contributed by atoms with van der Waals surface area (Å²) in [6, 6.07) is 7.61. The molecule has 0 spiro atoms. The van der Waals surface area contributed by atoms with Gasteiger partial charge in [0.1, 0.15) is 0 Å². The third kappa shape index (κ3) is 2.73. The smallest absolute Gasteiger partial charge is 0.0994 e. The highest BCUT2D eigenvalue weighted by atomic mass is 32.1. The molecule has 0 amide bonds. The van der Waals surface area contributed by atoms with Crippen molar-refractivity contribution in [2.75, 3.05) is 0 Å². The number of nitrogens with zero attached hydrogens (tertiary/aromatic N) is 2. The summed E-state index contributed by atoms with van der Waals surface area (Å²) in [6.45, 7) is 6.19. The molecule has 0 aliphatic carbocycles. The van der Waals surface area contributed by atoms with Gasteiger partial charge in [-0.25, -0.2) is 0 Å². The highest BCUT2D eigenvalue weighted by molar-refractivity contribution is 7.78. The Balaban J connectivity index is 3.40. The van der Waals surface area contributed by atoms with Crippen molar-refractivity contribution < 1.29 is 0 Å². The van der Waals surface area contributed by atoms with Crippen LogP contribution < -0.4 is 0 Å². The topological polar surface area (TPSA) is 36.1 Å². The molecule has 0 heterocycles. The fourth-order valence-electron chi connectivity index (χ4n) is 1.37. The number of nitriles is 1. The molecule has 1 rings (SSSR count). The molecule has 0 saturated heterocycles. The summed E-state index contributed by atoms with van der Waals surface area (Å²) in [5.74, 6) is 0. The van der Waals surface area contributed by atoms with E-state index in [1.54, 1.807) is 12.1 Å². The average molecular weight is 216 g/mol. The first-order valence-electron chi connectivity index (χ1n) is 4.61. The highest BCUT2D eigenvalue weighted by Gasteiger charge is 2.18. The lowest BCUT2D eigenvalue weighted by Gasteiger charge is -2.20. The lowest BCUT2D eigenvalue weighted by Crippen LogP contribution is -2.12. The molecule has 3 heteroatoms. The van der Waals surface area contributed by atoms with Gasteiger partial charge in [-0.05, 0) is 41.4 Å². The number of rotatable bonds is 1. The molecule has 0 unspecified atom stereocenters. The Hall–Kier alpha value is -1.49. The summed E-state index contributed by atoms with van der Waals surface area (Å²) in [5.41, 5.74) is 2.34. The van der Waals surface area contributed by atoms with Gasteiger partial charge in [-0.15, -0.1) is 0 Å². The molecule has 15 heavy (non-hydrogen) atoms. The van der Waals surface area contributed by atoms with Crippen LogP contribution in [0.15, 0.2) is 23.2 Å². The molecule has 0 aromatic heterocycles. The Bertz CT molecular complexity index is 457. The first-order valence-corrected chi connectivity index (χ1v) is 5.02. The minimum Gasteiger partial charge on any atom is -0.195 e.